The lowest BCUT2D eigenvalue weighted by atomic mass is 10.1. The zero-order chi connectivity index (χ0) is 21.2. The highest BCUT2D eigenvalue weighted by molar-refractivity contribution is 6.00. The van der Waals surface area contributed by atoms with E-state index < -0.39 is 18.0 Å². The molecule has 1 amide bonds. The van der Waals surface area contributed by atoms with Crippen molar-refractivity contribution in [3.8, 4) is 23.4 Å². The number of nitrogens with zero attached hydrogens (tertiary/aromatic N) is 4. The Morgan fingerprint density at radius 2 is 2.03 bits per heavy atom. The molecular weight excluding hydrogens is 370 g/mol. The molecule has 1 N–H and O–H groups in total. The van der Waals surface area contributed by atoms with E-state index in [1.807, 2.05) is 36.4 Å². The number of carbonyl (C=O) groups is 2. The summed E-state index contributed by atoms with van der Waals surface area (Å²) in [6, 6.07) is 13.2. The summed E-state index contributed by atoms with van der Waals surface area (Å²) in [4.78, 5) is 24.1. The maximum absolute atomic E-state index is 12.4. The van der Waals surface area contributed by atoms with Gasteiger partial charge in [-0.1, -0.05) is 30.3 Å². The first kappa shape index (κ1) is 21.4. The van der Waals surface area contributed by atoms with Gasteiger partial charge in [0, 0.05) is 23.9 Å². The van der Waals surface area contributed by atoms with E-state index in [1.165, 1.54) is 13.0 Å². The first-order valence-corrected chi connectivity index (χ1v) is 9.10. The standard InChI is InChI=1S/C21H21N5O3/c1-3-24-20(27)15(2)29-21(28)17(13-23)12-18-14-26(11-7-10-22)25-19(18)16-8-5-4-6-9-16/h4-6,8-9,12,14-15H,3,7,11H2,1-2H3,(H,24,27)/b17-12+/t15-/m0/s1. The van der Waals surface area contributed by atoms with Crippen molar-refractivity contribution >= 4 is 18.0 Å². The largest absolute Gasteiger partial charge is 0.448 e. The normalized spacial score (nSPS) is 11.8. The van der Waals surface area contributed by atoms with Crippen LogP contribution in [0.4, 0.5) is 0 Å². The van der Waals surface area contributed by atoms with Crippen LogP contribution in [0, 0.1) is 22.7 Å². The molecule has 0 bridgehead atoms. The monoisotopic (exact) mass is 391 g/mol. The Balaban J connectivity index is 2.35. The molecule has 0 saturated heterocycles. The van der Waals surface area contributed by atoms with Crippen LogP contribution in [0.25, 0.3) is 17.3 Å². The molecule has 0 aliphatic rings. The highest BCUT2D eigenvalue weighted by atomic mass is 16.5. The molecule has 0 aliphatic carbocycles. The lowest BCUT2D eigenvalue weighted by Gasteiger charge is -2.12. The van der Waals surface area contributed by atoms with Crippen molar-refractivity contribution < 1.29 is 14.3 Å². The molecule has 8 heteroatoms. The van der Waals surface area contributed by atoms with Gasteiger partial charge < -0.3 is 10.1 Å². The highest BCUT2D eigenvalue weighted by Crippen LogP contribution is 2.24. The molecule has 8 nitrogen and oxygen atoms in total. The summed E-state index contributed by atoms with van der Waals surface area (Å²) < 4.78 is 6.69. The third-order valence-corrected chi connectivity index (χ3v) is 3.93. The third-order valence-electron chi connectivity index (χ3n) is 3.93. The van der Waals surface area contributed by atoms with Gasteiger partial charge in [0.05, 0.1) is 24.7 Å². The minimum Gasteiger partial charge on any atom is -0.448 e. The predicted molar refractivity (Wildman–Crippen MR) is 106 cm³/mol. The Hall–Kier alpha value is -3.91. The van der Waals surface area contributed by atoms with Gasteiger partial charge in [-0.05, 0) is 19.9 Å². The molecule has 29 heavy (non-hydrogen) atoms. The van der Waals surface area contributed by atoms with Gasteiger partial charge in [0.25, 0.3) is 5.91 Å². The van der Waals surface area contributed by atoms with Crippen LogP contribution in [0.5, 0.6) is 0 Å². The average molecular weight is 391 g/mol. The molecule has 1 aromatic carbocycles. The van der Waals surface area contributed by atoms with Crippen molar-refractivity contribution in [3.63, 3.8) is 0 Å². The van der Waals surface area contributed by atoms with Gasteiger partial charge in [-0.2, -0.15) is 15.6 Å². The van der Waals surface area contributed by atoms with Gasteiger partial charge in [0.2, 0.25) is 0 Å². The molecule has 2 rings (SSSR count). The van der Waals surface area contributed by atoms with Gasteiger partial charge in [-0.25, -0.2) is 4.79 Å². The molecule has 2 aromatic rings. The molecule has 148 valence electrons. The fraction of sp³-hybridized carbons (Fsp3) is 0.286. The minimum atomic E-state index is -1.02. The SMILES string of the molecule is CCNC(=O)[C@H](C)OC(=O)/C(C#N)=C/c1cn(CCC#N)nc1-c1ccccc1. The number of nitrogens with one attached hydrogen (secondary N) is 1. The van der Waals surface area contributed by atoms with E-state index in [4.69, 9.17) is 10.00 Å². The zero-order valence-corrected chi connectivity index (χ0v) is 16.3. The number of benzene rings is 1. The maximum Gasteiger partial charge on any atom is 0.349 e. The van der Waals surface area contributed by atoms with E-state index in [2.05, 4.69) is 16.5 Å². The summed E-state index contributed by atoms with van der Waals surface area (Å²) in [5, 5.41) is 25.3. The van der Waals surface area contributed by atoms with Crippen LogP contribution in [-0.2, 0) is 20.9 Å². The van der Waals surface area contributed by atoms with Crippen LogP contribution in [0.2, 0.25) is 0 Å². The Bertz CT molecular complexity index is 980. The van der Waals surface area contributed by atoms with Crippen LogP contribution < -0.4 is 5.32 Å². The fourth-order valence-electron chi connectivity index (χ4n) is 2.53. The number of rotatable bonds is 8. The van der Waals surface area contributed by atoms with Crippen LogP contribution in [0.15, 0.2) is 42.1 Å². The number of aryl methyl sites for hydroxylation is 1. The number of amides is 1. The average Bonchev–Trinajstić information content (AvgIpc) is 3.13. The Labute approximate surface area is 169 Å². The van der Waals surface area contributed by atoms with E-state index in [9.17, 15) is 14.9 Å². The second-order valence-electron chi connectivity index (χ2n) is 6.08. The topological polar surface area (TPSA) is 121 Å². The smallest absolute Gasteiger partial charge is 0.349 e. The van der Waals surface area contributed by atoms with Crippen LogP contribution >= 0.6 is 0 Å². The Morgan fingerprint density at radius 1 is 1.31 bits per heavy atom. The first-order chi connectivity index (χ1) is 14.0. The fourth-order valence-corrected chi connectivity index (χ4v) is 2.53. The van der Waals surface area contributed by atoms with Crippen molar-refractivity contribution in [2.75, 3.05) is 6.54 Å². The van der Waals surface area contributed by atoms with Crippen LogP contribution in [0.1, 0.15) is 25.8 Å². The van der Waals surface area contributed by atoms with Gasteiger partial charge in [0.15, 0.2) is 6.10 Å². The summed E-state index contributed by atoms with van der Waals surface area (Å²) in [5.74, 6) is -1.33. The zero-order valence-electron chi connectivity index (χ0n) is 16.3. The van der Waals surface area contributed by atoms with E-state index in [0.29, 0.717) is 24.3 Å². The Morgan fingerprint density at radius 3 is 2.66 bits per heavy atom. The number of nitriles is 2. The molecule has 1 aromatic heterocycles. The number of carbonyl (C=O) groups excluding carboxylic acids is 2. The summed E-state index contributed by atoms with van der Waals surface area (Å²) >= 11 is 0. The van der Waals surface area contributed by atoms with Gasteiger partial charge in [-0.15, -0.1) is 0 Å². The van der Waals surface area contributed by atoms with E-state index in [1.54, 1.807) is 17.8 Å². The van der Waals surface area contributed by atoms with Crippen molar-refractivity contribution in [2.45, 2.75) is 32.9 Å². The second kappa shape index (κ2) is 10.4. The molecule has 0 unspecified atom stereocenters. The molecule has 1 atom stereocenters. The number of esters is 1. The lowest BCUT2D eigenvalue weighted by Crippen LogP contribution is -2.35. The molecule has 0 saturated carbocycles. The molecular formula is C21H21N5O3. The summed E-state index contributed by atoms with van der Waals surface area (Å²) in [6.45, 7) is 3.98. The number of hydrogen-bond donors (Lipinski definition) is 1. The van der Waals surface area contributed by atoms with Crippen LogP contribution in [0.3, 0.4) is 0 Å². The highest BCUT2D eigenvalue weighted by Gasteiger charge is 2.21. The Kier molecular flexibility index (Phi) is 7.69. The van der Waals surface area contributed by atoms with Gasteiger partial charge >= 0.3 is 5.97 Å². The third kappa shape index (κ3) is 5.78. The summed E-state index contributed by atoms with van der Waals surface area (Å²) in [5.41, 5.74) is 1.66. The molecule has 0 aliphatic heterocycles. The van der Waals surface area contributed by atoms with E-state index >= 15 is 0 Å². The lowest BCUT2D eigenvalue weighted by molar-refractivity contribution is -0.150. The quantitative estimate of drug-likeness (QED) is 0.419. The van der Waals surface area contributed by atoms with E-state index in [-0.39, 0.29) is 12.0 Å². The predicted octanol–water partition coefficient (Wildman–Crippen LogP) is 2.44. The summed E-state index contributed by atoms with van der Waals surface area (Å²) in [7, 11) is 0. The number of hydrogen-bond acceptors (Lipinski definition) is 6. The van der Waals surface area contributed by atoms with Crippen molar-refractivity contribution in [3.05, 3.63) is 47.7 Å². The minimum absolute atomic E-state index is 0.252. The second-order valence-corrected chi connectivity index (χ2v) is 6.08. The number of ether oxygens (including phenoxy) is 1. The van der Waals surface area contributed by atoms with Crippen molar-refractivity contribution in [1.82, 2.24) is 15.1 Å². The first-order valence-electron chi connectivity index (χ1n) is 9.10. The van der Waals surface area contributed by atoms with Gasteiger partial charge in [-0.3, -0.25) is 9.48 Å². The van der Waals surface area contributed by atoms with Crippen molar-refractivity contribution in [2.24, 2.45) is 0 Å². The number of likely N-dealkylation sites (N-methyl/N-ethyl adjacent to an activating group) is 1. The molecule has 0 radical (unpaired) electrons. The van der Waals surface area contributed by atoms with E-state index in [0.717, 1.165) is 5.56 Å². The molecule has 0 spiro atoms. The summed E-state index contributed by atoms with van der Waals surface area (Å²) in [6.07, 6.45) is 2.30. The van der Waals surface area contributed by atoms with Crippen LogP contribution in [-0.4, -0.2) is 34.3 Å². The number of aromatic nitrogens is 2. The van der Waals surface area contributed by atoms with Crippen molar-refractivity contribution in [1.29, 1.82) is 10.5 Å². The maximum atomic E-state index is 12.4. The molecule has 1 heterocycles. The van der Waals surface area contributed by atoms with Gasteiger partial charge in [0.1, 0.15) is 11.6 Å². The molecule has 0 fully saturated rings.